The first-order valence-electron chi connectivity index (χ1n) is 4.43. The normalized spacial score (nSPS) is 10.2. The van der Waals surface area contributed by atoms with E-state index < -0.39 is 0 Å². The maximum absolute atomic E-state index is 4.33. The summed E-state index contributed by atoms with van der Waals surface area (Å²) >= 11 is 1.45. The lowest BCUT2D eigenvalue weighted by atomic mass is 10.2. The largest absolute Gasteiger partial charge is 0.361 e. The summed E-state index contributed by atoms with van der Waals surface area (Å²) in [5.74, 6) is 0.984. The highest BCUT2D eigenvalue weighted by Crippen LogP contribution is 2.11. The molecule has 1 aromatic rings. The van der Waals surface area contributed by atoms with Crippen LogP contribution in [0.4, 0.5) is 5.13 Å². The van der Waals surface area contributed by atoms with E-state index in [1.807, 2.05) is 0 Å². The van der Waals surface area contributed by atoms with Gasteiger partial charge < -0.3 is 5.32 Å². The molecule has 0 aromatic carbocycles. The van der Waals surface area contributed by atoms with Gasteiger partial charge in [0.2, 0.25) is 5.13 Å². The number of hydrogen-bond acceptors (Lipinski definition) is 4. The Morgan fingerprint density at radius 3 is 2.92 bits per heavy atom. The van der Waals surface area contributed by atoms with Gasteiger partial charge in [0.25, 0.3) is 0 Å². The third kappa shape index (κ3) is 2.77. The summed E-state index contributed by atoms with van der Waals surface area (Å²) in [5, 5.41) is 4.10. The minimum absolute atomic E-state index is 0.919. The van der Waals surface area contributed by atoms with Gasteiger partial charge in [0, 0.05) is 24.5 Å². The summed E-state index contributed by atoms with van der Waals surface area (Å²) in [6, 6.07) is 0. The average molecular weight is 185 g/mol. The number of anilines is 1. The molecule has 12 heavy (non-hydrogen) atoms. The van der Waals surface area contributed by atoms with Crippen molar-refractivity contribution in [1.29, 1.82) is 0 Å². The number of rotatable bonds is 5. The lowest BCUT2D eigenvalue weighted by Crippen LogP contribution is -1.95. The van der Waals surface area contributed by atoms with Crippen LogP contribution in [0, 0.1) is 0 Å². The summed E-state index contributed by atoms with van der Waals surface area (Å²) in [7, 11) is 0. The molecule has 0 fully saturated rings. The zero-order valence-corrected chi connectivity index (χ0v) is 8.45. The molecule has 1 rings (SSSR count). The van der Waals surface area contributed by atoms with Gasteiger partial charge in [-0.1, -0.05) is 13.3 Å². The number of nitrogens with zero attached hydrogens (tertiary/aromatic N) is 2. The minimum Gasteiger partial charge on any atom is -0.361 e. The van der Waals surface area contributed by atoms with E-state index in [0.717, 1.165) is 23.9 Å². The molecule has 4 heteroatoms. The SMILES string of the molecule is CCCCc1nsc(NCC)n1. The third-order valence-corrected chi connectivity index (χ3v) is 2.26. The molecule has 0 saturated heterocycles. The highest BCUT2D eigenvalue weighted by molar-refractivity contribution is 7.09. The van der Waals surface area contributed by atoms with E-state index in [9.17, 15) is 0 Å². The Morgan fingerprint density at radius 2 is 2.25 bits per heavy atom. The second-order valence-electron chi connectivity index (χ2n) is 2.65. The molecule has 0 aliphatic carbocycles. The summed E-state index contributed by atoms with van der Waals surface area (Å²) < 4.78 is 4.24. The van der Waals surface area contributed by atoms with E-state index in [0.29, 0.717) is 0 Å². The molecule has 0 bridgehead atoms. The van der Waals surface area contributed by atoms with Crippen molar-refractivity contribution in [3.63, 3.8) is 0 Å². The summed E-state index contributed by atoms with van der Waals surface area (Å²) in [6.07, 6.45) is 3.40. The lowest BCUT2D eigenvalue weighted by Gasteiger charge is -1.92. The first-order chi connectivity index (χ1) is 5.86. The fourth-order valence-corrected chi connectivity index (χ4v) is 1.59. The molecule has 0 unspecified atom stereocenters. The predicted molar refractivity (Wildman–Crippen MR) is 52.7 cm³/mol. The van der Waals surface area contributed by atoms with Crippen LogP contribution >= 0.6 is 11.5 Å². The number of unbranched alkanes of at least 4 members (excludes halogenated alkanes) is 1. The molecule has 0 radical (unpaired) electrons. The van der Waals surface area contributed by atoms with E-state index in [-0.39, 0.29) is 0 Å². The van der Waals surface area contributed by atoms with Crippen molar-refractivity contribution in [2.45, 2.75) is 33.1 Å². The molecule has 0 saturated carbocycles. The highest BCUT2D eigenvalue weighted by atomic mass is 32.1. The maximum atomic E-state index is 4.33. The van der Waals surface area contributed by atoms with Crippen molar-refractivity contribution in [1.82, 2.24) is 9.36 Å². The number of aryl methyl sites for hydroxylation is 1. The van der Waals surface area contributed by atoms with Crippen molar-refractivity contribution in [2.24, 2.45) is 0 Å². The molecule has 0 aliphatic heterocycles. The van der Waals surface area contributed by atoms with Gasteiger partial charge >= 0.3 is 0 Å². The zero-order valence-electron chi connectivity index (χ0n) is 7.63. The van der Waals surface area contributed by atoms with Crippen LogP contribution in [0.2, 0.25) is 0 Å². The van der Waals surface area contributed by atoms with Crippen molar-refractivity contribution >= 4 is 16.7 Å². The smallest absolute Gasteiger partial charge is 0.202 e. The van der Waals surface area contributed by atoms with Gasteiger partial charge in [-0.2, -0.15) is 4.37 Å². The molecule has 0 atom stereocenters. The third-order valence-electron chi connectivity index (χ3n) is 1.55. The van der Waals surface area contributed by atoms with Crippen LogP contribution in [0.1, 0.15) is 32.5 Å². The summed E-state index contributed by atoms with van der Waals surface area (Å²) in [4.78, 5) is 4.33. The Hall–Kier alpha value is -0.640. The van der Waals surface area contributed by atoms with Crippen molar-refractivity contribution in [3.8, 4) is 0 Å². The van der Waals surface area contributed by atoms with Gasteiger partial charge in [-0.15, -0.1) is 0 Å². The second-order valence-corrected chi connectivity index (χ2v) is 3.40. The molecule has 0 aliphatic rings. The quantitative estimate of drug-likeness (QED) is 0.765. The first kappa shape index (κ1) is 9.45. The van der Waals surface area contributed by atoms with Gasteiger partial charge in [0.1, 0.15) is 5.82 Å². The van der Waals surface area contributed by atoms with E-state index in [2.05, 4.69) is 28.5 Å². The molecule has 3 nitrogen and oxygen atoms in total. The number of hydrogen-bond donors (Lipinski definition) is 1. The van der Waals surface area contributed by atoms with Crippen LogP contribution in [0.3, 0.4) is 0 Å². The van der Waals surface area contributed by atoms with E-state index in [1.165, 1.54) is 24.4 Å². The molecule has 1 N–H and O–H groups in total. The fraction of sp³-hybridized carbons (Fsp3) is 0.750. The van der Waals surface area contributed by atoms with Crippen LogP contribution in [0.15, 0.2) is 0 Å². The molecule has 1 aromatic heterocycles. The van der Waals surface area contributed by atoms with Gasteiger partial charge in [0.15, 0.2) is 0 Å². The van der Waals surface area contributed by atoms with Crippen LogP contribution in [-0.4, -0.2) is 15.9 Å². The summed E-state index contributed by atoms with van der Waals surface area (Å²) in [5.41, 5.74) is 0. The van der Waals surface area contributed by atoms with Crippen LogP contribution in [0.5, 0.6) is 0 Å². The fourth-order valence-electron chi connectivity index (χ4n) is 0.913. The van der Waals surface area contributed by atoms with Crippen molar-refractivity contribution in [2.75, 3.05) is 11.9 Å². The Morgan fingerprint density at radius 1 is 1.42 bits per heavy atom. The Bertz CT molecular complexity index is 222. The Labute approximate surface area is 77.4 Å². The Balaban J connectivity index is 2.41. The van der Waals surface area contributed by atoms with Gasteiger partial charge in [-0.3, -0.25) is 0 Å². The topological polar surface area (TPSA) is 37.8 Å². The average Bonchev–Trinajstić information content (AvgIpc) is 2.50. The zero-order chi connectivity index (χ0) is 8.81. The van der Waals surface area contributed by atoms with Crippen LogP contribution < -0.4 is 5.32 Å². The predicted octanol–water partition coefficient (Wildman–Crippen LogP) is 2.31. The van der Waals surface area contributed by atoms with Gasteiger partial charge in [-0.05, 0) is 13.3 Å². The molecular weight excluding hydrogens is 170 g/mol. The highest BCUT2D eigenvalue weighted by Gasteiger charge is 2.00. The molecular formula is C8H15N3S. The molecule has 0 amide bonds. The van der Waals surface area contributed by atoms with Crippen LogP contribution in [-0.2, 0) is 6.42 Å². The molecule has 0 spiro atoms. The monoisotopic (exact) mass is 185 g/mol. The lowest BCUT2D eigenvalue weighted by molar-refractivity contribution is 0.765. The second kappa shape index (κ2) is 5.09. The minimum atomic E-state index is 0.919. The number of nitrogens with one attached hydrogen (secondary N) is 1. The van der Waals surface area contributed by atoms with Crippen molar-refractivity contribution < 1.29 is 0 Å². The maximum Gasteiger partial charge on any atom is 0.202 e. The molecule has 1 heterocycles. The van der Waals surface area contributed by atoms with Gasteiger partial charge in [0.05, 0.1) is 0 Å². The van der Waals surface area contributed by atoms with Crippen LogP contribution in [0.25, 0.3) is 0 Å². The summed E-state index contributed by atoms with van der Waals surface area (Å²) in [6.45, 7) is 5.16. The first-order valence-corrected chi connectivity index (χ1v) is 5.20. The Kier molecular flexibility index (Phi) is 4.00. The van der Waals surface area contributed by atoms with Crippen molar-refractivity contribution in [3.05, 3.63) is 5.82 Å². The number of aromatic nitrogens is 2. The van der Waals surface area contributed by atoms with E-state index in [1.54, 1.807) is 0 Å². The van der Waals surface area contributed by atoms with Gasteiger partial charge in [-0.25, -0.2) is 4.98 Å². The van der Waals surface area contributed by atoms with E-state index in [4.69, 9.17) is 0 Å². The standard InChI is InChI=1S/C8H15N3S/c1-3-5-6-7-10-8(9-4-2)12-11-7/h3-6H2,1-2H3,(H,9,10,11). The molecule has 68 valence electrons. The van der Waals surface area contributed by atoms with E-state index >= 15 is 0 Å².